The average molecular weight is 391 g/mol. The zero-order chi connectivity index (χ0) is 20.1. The first-order chi connectivity index (χ1) is 14.1. The number of aliphatic hydroxyl groups excluding tert-OH is 1. The maximum atomic E-state index is 12.8. The van der Waals surface area contributed by atoms with Gasteiger partial charge in [-0.05, 0) is 25.0 Å². The summed E-state index contributed by atoms with van der Waals surface area (Å²) in [4.78, 5) is 22.0. The van der Waals surface area contributed by atoms with Crippen molar-refractivity contribution in [3.05, 3.63) is 42.4 Å². The van der Waals surface area contributed by atoms with E-state index in [2.05, 4.69) is 20.7 Å². The van der Waals surface area contributed by atoms with Crippen molar-refractivity contribution < 1.29 is 9.90 Å². The van der Waals surface area contributed by atoms with Crippen molar-refractivity contribution in [2.75, 3.05) is 12.4 Å². The van der Waals surface area contributed by atoms with Gasteiger partial charge in [0.1, 0.15) is 17.2 Å². The Morgan fingerprint density at radius 2 is 2.14 bits per heavy atom. The molecule has 1 amide bonds. The molecule has 0 aromatic carbocycles. The number of aryl methyl sites for hydroxylation is 1. The van der Waals surface area contributed by atoms with Crippen LogP contribution in [0.25, 0.3) is 28.3 Å². The Balaban J connectivity index is 1.61. The Morgan fingerprint density at radius 3 is 2.86 bits per heavy atom. The molecule has 1 aliphatic carbocycles. The van der Waals surface area contributed by atoms with Crippen LogP contribution in [0.5, 0.6) is 0 Å². The quantitative estimate of drug-likeness (QED) is 0.487. The van der Waals surface area contributed by atoms with Crippen LogP contribution in [-0.4, -0.2) is 54.4 Å². The number of aromatic nitrogens is 5. The lowest BCUT2D eigenvalue weighted by molar-refractivity contribution is 0.0448. The van der Waals surface area contributed by atoms with E-state index in [9.17, 15) is 9.90 Å². The van der Waals surface area contributed by atoms with Crippen molar-refractivity contribution in [3.63, 3.8) is 0 Å². The van der Waals surface area contributed by atoms with Gasteiger partial charge in [0, 0.05) is 43.7 Å². The van der Waals surface area contributed by atoms with E-state index in [0.29, 0.717) is 29.1 Å². The fraction of sp³-hybridized carbons (Fsp3) is 0.300. The number of nitrogens with zero attached hydrogens (tertiary/aromatic N) is 5. The Labute approximate surface area is 166 Å². The molecule has 3 N–H and O–H groups in total. The maximum Gasteiger partial charge on any atom is 0.257 e. The van der Waals surface area contributed by atoms with Gasteiger partial charge in [-0.2, -0.15) is 9.61 Å². The minimum atomic E-state index is -0.486. The molecule has 0 unspecified atom stereocenters. The van der Waals surface area contributed by atoms with Crippen LogP contribution >= 0.6 is 0 Å². The van der Waals surface area contributed by atoms with Crippen LogP contribution in [0.1, 0.15) is 23.2 Å². The van der Waals surface area contributed by atoms with Crippen molar-refractivity contribution in [1.82, 2.24) is 29.5 Å². The molecule has 0 radical (unpaired) electrons. The van der Waals surface area contributed by atoms with Gasteiger partial charge in [-0.3, -0.25) is 4.79 Å². The molecule has 148 valence electrons. The second kappa shape index (κ2) is 6.56. The molecule has 3 aliphatic rings. The molecule has 9 nitrogen and oxygen atoms in total. The normalized spacial score (nSPS) is 18.7. The van der Waals surface area contributed by atoms with E-state index in [1.807, 2.05) is 36.0 Å². The van der Waals surface area contributed by atoms with Crippen molar-refractivity contribution in [3.8, 4) is 22.6 Å². The third-order valence-electron chi connectivity index (χ3n) is 5.56. The van der Waals surface area contributed by atoms with Crippen LogP contribution in [0.2, 0.25) is 0 Å². The highest BCUT2D eigenvalue weighted by atomic mass is 16.3. The Morgan fingerprint density at radius 1 is 1.28 bits per heavy atom. The lowest BCUT2D eigenvalue weighted by Gasteiger charge is -2.32. The molecule has 4 heterocycles. The van der Waals surface area contributed by atoms with Gasteiger partial charge >= 0.3 is 0 Å². The summed E-state index contributed by atoms with van der Waals surface area (Å²) in [6.45, 7) is 0. The zero-order valence-corrected chi connectivity index (χ0v) is 16.1. The number of anilines is 1. The molecular formula is C20H21N7O2. The van der Waals surface area contributed by atoms with Gasteiger partial charge in [0.05, 0.1) is 24.0 Å². The topological polar surface area (TPSA) is 109 Å². The smallest absolute Gasteiger partial charge is 0.257 e. The summed E-state index contributed by atoms with van der Waals surface area (Å²) in [5.74, 6) is 1.29. The molecule has 5 rings (SSSR count). The summed E-state index contributed by atoms with van der Waals surface area (Å²) in [6.07, 6.45) is 6.25. The molecule has 2 aliphatic heterocycles. The standard InChI is InChI=1S/C20H21N7O2/c1-21-17-8-15(12-9-22-18-11(12)4-3-7-26(18)2)24-19-13(10-23-27(17)19)20(29)25-14-5-6-16(14)28/h3-4,7-10,14,16,21,28H,5-6H2,1-2H3,(H,25,29)/t14-,16+/m0/s1. The summed E-state index contributed by atoms with van der Waals surface area (Å²) in [5, 5.41) is 20.1. The van der Waals surface area contributed by atoms with Crippen LogP contribution in [0.3, 0.4) is 0 Å². The van der Waals surface area contributed by atoms with E-state index in [-0.39, 0.29) is 11.9 Å². The Hall–Kier alpha value is -3.46. The summed E-state index contributed by atoms with van der Waals surface area (Å²) >= 11 is 0. The minimum absolute atomic E-state index is 0.215. The van der Waals surface area contributed by atoms with Crippen molar-refractivity contribution in [2.45, 2.75) is 25.0 Å². The largest absolute Gasteiger partial charge is 0.391 e. The third-order valence-corrected chi connectivity index (χ3v) is 5.56. The molecule has 9 heteroatoms. The summed E-state index contributed by atoms with van der Waals surface area (Å²) in [5.41, 5.74) is 3.40. The molecule has 1 saturated carbocycles. The fourth-order valence-electron chi connectivity index (χ4n) is 3.71. The summed E-state index contributed by atoms with van der Waals surface area (Å²) in [7, 11) is 3.75. The molecule has 2 aromatic heterocycles. The van der Waals surface area contributed by atoms with Gasteiger partial charge in [0.25, 0.3) is 5.91 Å². The third kappa shape index (κ3) is 2.73. The number of carbonyl (C=O) groups is 1. The van der Waals surface area contributed by atoms with Crippen LogP contribution in [0.4, 0.5) is 5.82 Å². The highest BCUT2D eigenvalue weighted by Crippen LogP contribution is 2.33. The number of fused-ring (bicyclic) bond motifs is 2. The fourth-order valence-corrected chi connectivity index (χ4v) is 3.71. The van der Waals surface area contributed by atoms with Gasteiger partial charge in [-0.15, -0.1) is 0 Å². The lowest BCUT2D eigenvalue weighted by atomic mass is 9.89. The Kier molecular flexibility index (Phi) is 3.99. The van der Waals surface area contributed by atoms with E-state index >= 15 is 0 Å². The van der Waals surface area contributed by atoms with Gasteiger partial charge in [-0.25, -0.2) is 9.97 Å². The molecular weight excluding hydrogens is 370 g/mol. The first-order valence-corrected chi connectivity index (χ1v) is 9.52. The van der Waals surface area contributed by atoms with E-state index in [1.165, 1.54) is 6.20 Å². The predicted molar refractivity (Wildman–Crippen MR) is 108 cm³/mol. The van der Waals surface area contributed by atoms with Crippen LogP contribution < -0.4 is 10.6 Å². The summed E-state index contributed by atoms with van der Waals surface area (Å²) in [6, 6.07) is 5.64. The highest BCUT2D eigenvalue weighted by Gasteiger charge is 2.31. The Bertz CT molecular complexity index is 1190. The molecule has 2 atom stereocenters. The van der Waals surface area contributed by atoms with Crippen LogP contribution in [0.15, 0.2) is 36.8 Å². The molecule has 29 heavy (non-hydrogen) atoms. The number of nitrogens with one attached hydrogen (secondary N) is 2. The number of rotatable bonds is 4. The van der Waals surface area contributed by atoms with Crippen LogP contribution in [-0.2, 0) is 7.05 Å². The average Bonchev–Trinajstić information content (AvgIpc) is 3.35. The van der Waals surface area contributed by atoms with Gasteiger partial charge < -0.3 is 20.3 Å². The predicted octanol–water partition coefficient (Wildman–Crippen LogP) is 1.53. The SMILES string of the molecule is CNc1cc(-c2cnc3n(C)cccc2-3)nc2c(C(=O)N[C@H]3CC[C@H]3O)cnn12. The maximum absolute atomic E-state index is 12.8. The van der Waals surface area contributed by atoms with Crippen molar-refractivity contribution in [1.29, 1.82) is 0 Å². The van der Waals surface area contributed by atoms with E-state index in [0.717, 1.165) is 23.4 Å². The van der Waals surface area contributed by atoms with E-state index < -0.39 is 6.10 Å². The number of hydrogen-bond donors (Lipinski definition) is 3. The molecule has 0 spiro atoms. The highest BCUT2D eigenvalue weighted by molar-refractivity contribution is 6.00. The number of aliphatic hydroxyl groups is 1. The van der Waals surface area contributed by atoms with Crippen molar-refractivity contribution in [2.24, 2.45) is 7.05 Å². The number of carbonyl (C=O) groups excluding carboxylic acids is 1. The van der Waals surface area contributed by atoms with E-state index in [4.69, 9.17) is 4.98 Å². The van der Waals surface area contributed by atoms with Crippen LogP contribution in [0, 0.1) is 0 Å². The second-order valence-corrected chi connectivity index (χ2v) is 7.32. The first-order valence-electron chi connectivity index (χ1n) is 9.52. The number of hydrogen-bond acceptors (Lipinski definition) is 6. The monoisotopic (exact) mass is 391 g/mol. The zero-order valence-electron chi connectivity index (χ0n) is 16.1. The number of pyridine rings is 1. The molecule has 0 bridgehead atoms. The molecule has 1 fully saturated rings. The minimum Gasteiger partial charge on any atom is -0.391 e. The number of amides is 1. The van der Waals surface area contributed by atoms with Gasteiger partial charge in [0.2, 0.25) is 0 Å². The van der Waals surface area contributed by atoms with Crippen molar-refractivity contribution >= 4 is 17.4 Å². The van der Waals surface area contributed by atoms with Gasteiger partial charge in [-0.1, -0.05) is 0 Å². The first kappa shape index (κ1) is 17.6. The molecule has 2 aromatic rings. The second-order valence-electron chi connectivity index (χ2n) is 7.32. The summed E-state index contributed by atoms with van der Waals surface area (Å²) < 4.78 is 3.56. The van der Waals surface area contributed by atoms with E-state index in [1.54, 1.807) is 17.8 Å². The molecule has 0 saturated heterocycles. The lowest BCUT2D eigenvalue weighted by Crippen LogP contribution is -2.50. The van der Waals surface area contributed by atoms with Gasteiger partial charge in [0.15, 0.2) is 5.65 Å².